The van der Waals surface area contributed by atoms with Crippen LogP contribution in [0.25, 0.3) is 0 Å². The summed E-state index contributed by atoms with van der Waals surface area (Å²) in [4.78, 5) is 17.3. The van der Waals surface area contributed by atoms with Gasteiger partial charge in [0.05, 0.1) is 18.9 Å². The summed E-state index contributed by atoms with van der Waals surface area (Å²) in [6.07, 6.45) is 0. The van der Waals surface area contributed by atoms with Crippen molar-refractivity contribution < 1.29 is 14.3 Å². The van der Waals surface area contributed by atoms with Crippen molar-refractivity contribution in [3.8, 4) is 5.75 Å². The van der Waals surface area contributed by atoms with Crippen molar-refractivity contribution in [2.75, 3.05) is 26.3 Å². The quantitative estimate of drug-likeness (QED) is 0.615. The van der Waals surface area contributed by atoms with Gasteiger partial charge in [-0.2, -0.15) is 0 Å². The third-order valence-electron chi connectivity index (χ3n) is 2.62. The van der Waals surface area contributed by atoms with Crippen LogP contribution < -0.4 is 4.74 Å². The lowest BCUT2D eigenvalue weighted by molar-refractivity contribution is -0.131. The molecule has 0 saturated carbocycles. The van der Waals surface area contributed by atoms with E-state index in [1.807, 2.05) is 6.07 Å². The van der Waals surface area contributed by atoms with Crippen LogP contribution in [-0.4, -0.2) is 42.2 Å². The summed E-state index contributed by atoms with van der Waals surface area (Å²) >= 11 is 5.96. The number of nitrogens with zero attached hydrogens (tertiary/aromatic N) is 2. The van der Waals surface area contributed by atoms with E-state index in [2.05, 4.69) is 9.88 Å². The smallest absolute Gasteiger partial charge is 0.308 e. The van der Waals surface area contributed by atoms with Gasteiger partial charge in [0, 0.05) is 26.6 Å². The van der Waals surface area contributed by atoms with Crippen molar-refractivity contribution in [2.24, 2.45) is 0 Å². The van der Waals surface area contributed by atoms with Crippen LogP contribution in [0.4, 0.5) is 0 Å². The molecule has 1 aliphatic rings. The van der Waals surface area contributed by atoms with Gasteiger partial charge in [0.2, 0.25) is 0 Å². The molecule has 0 unspecified atom stereocenters. The van der Waals surface area contributed by atoms with Gasteiger partial charge in [-0.3, -0.25) is 9.69 Å². The van der Waals surface area contributed by atoms with Gasteiger partial charge in [0.1, 0.15) is 0 Å². The van der Waals surface area contributed by atoms with Crippen molar-refractivity contribution >= 4 is 17.6 Å². The van der Waals surface area contributed by atoms with E-state index in [0.29, 0.717) is 5.75 Å². The molecule has 1 saturated heterocycles. The van der Waals surface area contributed by atoms with Gasteiger partial charge >= 0.3 is 5.97 Å². The lowest BCUT2D eigenvalue weighted by Gasteiger charge is -2.26. The molecule has 5 nitrogen and oxygen atoms in total. The Bertz CT molecular complexity index is 433. The van der Waals surface area contributed by atoms with E-state index >= 15 is 0 Å². The Labute approximate surface area is 111 Å². The number of hydrogen-bond donors (Lipinski definition) is 0. The SMILES string of the molecule is CC(=O)Oc1ccc(CN2CCOCC2)nc1Cl. The lowest BCUT2D eigenvalue weighted by Crippen LogP contribution is -2.35. The minimum Gasteiger partial charge on any atom is -0.423 e. The summed E-state index contributed by atoms with van der Waals surface area (Å²) in [5.74, 6) is -0.102. The van der Waals surface area contributed by atoms with Crippen molar-refractivity contribution in [3.63, 3.8) is 0 Å². The van der Waals surface area contributed by atoms with Gasteiger partial charge in [-0.1, -0.05) is 11.6 Å². The van der Waals surface area contributed by atoms with Crippen molar-refractivity contribution in [3.05, 3.63) is 23.0 Å². The molecular weight excluding hydrogens is 256 g/mol. The van der Waals surface area contributed by atoms with Crippen LogP contribution in [0.2, 0.25) is 5.15 Å². The summed E-state index contributed by atoms with van der Waals surface area (Å²) < 4.78 is 10.2. The average Bonchev–Trinajstić information content (AvgIpc) is 2.33. The second kappa shape index (κ2) is 6.13. The summed E-state index contributed by atoms with van der Waals surface area (Å²) in [5, 5.41) is 0.218. The molecule has 2 heterocycles. The largest absolute Gasteiger partial charge is 0.423 e. The van der Waals surface area contributed by atoms with E-state index in [0.717, 1.165) is 38.5 Å². The van der Waals surface area contributed by atoms with E-state index < -0.39 is 5.97 Å². The molecule has 0 aliphatic carbocycles. The number of rotatable bonds is 3. The maximum atomic E-state index is 10.8. The van der Waals surface area contributed by atoms with Gasteiger partial charge in [0.15, 0.2) is 10.9 Å². The molecule has 0 atom stereocenters. The van der Waals surface area contributed by atoms with E-state index in [9.17, 15) is 4.79 Å². The van der Waals surface area contributed by atoms with Gasteiger partial charge in [-0.05, 0) is 12.1 Å². The number of carbonyl (C=O) groups is 1. The zero-order valence-corrected chi connectivity index (χ0v) is 10.9. The Morgan fingerprint density at radius 3 is 2.83 bits per heavy atom. The minimum absolute atomic E-state index is 0.218. The van der Waals surface area contributed by atoms with Crippen LogP contribution in [0.1, 0.15) is 12.6 Å². The Hall–Kier alpha value is -1.17. The first kappa shape index (κ1) is 13.3. The number of halogens is 1. The average molecular weight is 271 g/mol. The standard InChI is InChI=1S/C12H15ClN2O3/c1-9(16)18-11-3-2-10(14-12(11)13)8-15-4-6-17-7-5-15/h2-3H,4-8H2,1H3. The van der Waals surface area contributed by atoms with Crippen LogP contribution in [0, 0.1) is 0 Å². The second-order valence-electron chi connectivity index (χ2n) is 4.07. The van der Waals surface area contributed by atoms with Crippen molar-refractivity contribution in [1.29, 1.82) is 0 Å². The third-order valence-corrected chi connectivity index (χ3v) is 2.89. The molecule has 0 spiro atoms. The van der Waals surface area contributed by atoms with Crippen LogP contribution >= 0.6 is 11.6 Å². The highest BCUT2D eigenvalue weighted by molar-refractivity contribution is 6.30. The Balaban J connectivity index is 2.01. The molecule has 1 aromatic rings. The van der Waals surface area contributed by atoms with E-state index in [1.165, 1.54) is 6.92 Å². The molecule has 1 fully saturated rings. The van der Waals surface area contributed by atoms with Crippen LogP contribution in [0.3, 0.4) is 0 Å². The Morgan fingerprint density at radius 1 is 1.50 bits per heavy atom. The maximum absolute atomic E-state index is 10.8. The number of ether oxygens (including phenoxy) is 2. The topological polar surface area (TPSA) is 51.7 Å². The molecular formula is C12H15ClN2O3. The van der Waals surface area contributed by atoms with Gasteiger partial charge in [0.25, 0.3) is 0 Å². The zero-order valence-electron chi connectivity index (χ0n) is 10.2. The fourth-order valence-electron chi connectivity index (χ4n) is 1.77. The first-order valence-corrected chi connectivity index (χ1v) is 6.17. The van der Waals surface area contributed by atoms with Gasteiger partial charge in [-0.15, -0.1) is 0 Å². The molecule has 6 heteroatoms. The second-order valence-corrected chi connectivity index (χ2v) is 4.43. The summed E-state index contributed by atoms with van der Waals surface area (Å²) in [6, 6.07) is 3.49. The summed E-state index contributed by atoms with van der Waals surface area (Å²) in [5.41, 5.74) is 0.859. The van der Waals surface area contributed by atoms with Crippen LogP contribution in [0.15, 0.2) is 12.1 Å². The number of aromatic nitrogens is 1. The van der Waals surface area contributed by atoms with E-state index in [-0.39, 0.29) is 5.15 Å². The number of esters is 1. The highest BCUT2D eigenvalue weighted by Gasteiger charge is 2.13. The highest BCUT2D eigenvalue weighted by Crippen LogP contribution is 2.22. The third kappa shape index (κ3) is 3.66. The first-order valence-electron chi connectivity index (χ1n) is 5.79. The predicted molar refractivity (Wildman–Crippen MR) is 66.7 cm³/mol. The Morgan fingerprint density at radius 2 is 2.22 bits per heavy atom. The maximum Gasteiger partial charge on any atom is 0.308 e. The fourth-order valence-corrected chi connectivity index (χ4v) is 1.98. The van der Waals surface area contributed by atoms with Crippen molar-refractivity contribution in [1.82, 2.24) is 9.88 Å². The molecule has 18 heavy (non-hydrogen) atoms. The minimum atomic E-state index is -0.403. The number of hydrogen-bond acceptors (Lipinski definition) is 5. The molecule has 0 N–H and O–H groups in total. The monoisotopic (exact) mass is 270 g/mol. The molecule has 98 valence electrons. The van der Waals surface area contributed by atoms with E-state index in [4.69, 9.17) is 21.1 Å². The summed E-state index contributed by atoms with van der Waals surface area (Å²) in [6.45, 7) is 5.34. The molecule has 0 radical (unpaired) electrons. The zero-order chi connectivity index (χ0) is 13.0. The molecule has 1 aliphatic heterocycles. The molecule has 2 rings (SSSR count). The van der Waals surface area contributed by atoms with Crippen LogP contribution in [-0.2, 0) is 16.1 Å². The van der Waals surface area contributed by atoms with E-state index in [1.54, 1.807) is 6.07 Å². The summed E-state index contributed by atoms with van der Waals surface area (Å²) in [7, 11) is 0. The van der Waals surface area contributed by atoms with Gasteiger partial charge in [-0.25, -0.2) is 4.98 Å². The molecule has 0 bridgehead atoms. The number of pyridine rings is 1. The lowest BCUT2D eigenvalue weighted by atomic mass is 10.3. The molecule has 1 aromatic heterocycles. The predicted octanol–water partition coefficient (Wildman–Crippen LogP) is 1.49. The number of morpholine rings is 1. The fraction of sp³-hybridized carbons (Fsp3) is 0.500. The van der Waals surface area contributed by atoms with Crippen molar-refractivity contribution in [2.45, 2.75) is 13.5 Å². The first-order chi connectivity index (χ1) is 8.65. The van der Waals surface area contributed by atoms with Crippen LogP contribution in [0.5, 0.6) is 5.75 Å². The number of carbonyl (C=O) groups excluding carboxylic acids is 1. The Kier molecular flexibility index (Phi) is 4.52. The normalized spacial score (nSPS) is 16.6. The molecule has 0 amide bonds. The molecule has 0 aromatic carbocycles. The van der Waals surface area contributed by atoms with Gasteiger partial charge < -0.3 is 9.47 Å². The highest BCUT2D eigenvalue weighted by atomic mass is 35.5.